The van der Waals surface area contributed by atoms with E-state index in [0.717, 1.165) is 17.0 Å². The first-order valence-electron chi connectivity index (χ1n) is 7.52. The van der Waals surface area contributed by atoms with Crippen LogP contribution in [0.25, 0.3) is 0 Å². The van der Waals surface area contributed by atoms with Crippen LogP contribution in [0, 0.1) is 13.8 Å². The Morgan fingerprint density at radius 3 is 3.05 bits per heavy atom. The third-order valence-electron chi connectivity index (χ3n) is 3.98. The Hall–Kier alpha value is -2.15. The lowest BCUT2D eigenvalue weighted by atomic mass is 10.1. The molecular formula is C15H21N5O2. The molecule has 1 amide bonds. The fraction of sp³-hybridized carbons (Fsp3) is 0.533. The Labute approximate surface area is 129 Å². The lowest BCUT2D eigenvalue weighted by molar-refractivity contribution is -0.140. The van der Waals surface area contributed by atoms with E-state index in [1.54, 1.807) is 6.20 Å². The molecule has 0 aliphatic carbocycles. The van der Waals surface area contributed by atoms with Crippen molar-refractivity contribution in [3.63, 3.8) is 0 Å². The summed E-state index contributed by atoms with van der Waals surface area (Å²) in [6.45, 7) is 6.23. The Kier molecular flexibility index (Phi) is 4.24. The van der Waals surface area contributed by atoms with Crippen LogP contribution in [0.1, 0.15) is 29.4 Å². The van der Waals surface area contributed by atoms with E-state index in [1.807, 2.05) is 35.7 Å². The number of H-pyrrole nitrogens is 1. The molecule has 0 aromatic carbocycles. The number of nitrogens with one attached hydrogen (secondary N) is 1. The summed E-state index contributed by atoms with van der Waals surface area (Å²) >= 11 is 0. The molecule has 3 rings (SSSR count). The molecule has 0 saturated carbocycles. The van der Waals surface area contributed by atoms with E-state index in [-0.39, 0.29) is 11.9 Å². The van der Waals surface area contributed by atoms with Crippen LogP contribution in [0.15, 0.2) is 18.5 Å². The van der Waals surface area contributed by atoms with Crippen molar-refractivity contribution in [2.75, 3.05) is 19.8 Å². The lowest BCUT2D eigenvalue weighted by Crippen LogP contribution is -2.44. The maximum absolute atomic E-state index is 12.6. The van der Waals surface area contributed by atoms with Crippen molar-refractivity contribution in [1.29, 1.82) is 0 Å². The zero-order valence-electron chi connectivity index (χ0n) is 13.0. The lowest BCUT2D eigenvalue weighted by Gasteiger charge is -2.35. The van der Waals surface area contributed by atoms with Gasteiger partial charge in [-0.15, -0.1) is 0 Å². The number of nitrogens with zero attached hydrogens (tertiary/aromatic N) is 4. The molecule has 1 unspecified atom stereocenters. The second kappa shape index (κ2) is 6.31. The molecule has 1 saturated heterocycles. The predicted octanol–water partition coefficient (Wildman–Crippen LogP) is 1.21. The highest BCUT2D eigenvalue weighted by Gasteiger charge is 2.30. The second-order valence-corrected chi connectivity index (χ2v) is 5.61. The van der Waals surface area contributed by atoms with Gasteiger partial charge < -0.3 is 9.64 Å². The minimum absolute atomic E-state index is 0.0805. The minimum atomic E-state index is -0.0805. The van der Waals surface area contributed by atoms with Gasteiger partial charge in [-0.3, -0.25) is 14.6 Å². The smallest absolute Gasteiger partial charge is 0.225 e. The first-order valence-corrected chi connectivity index (χ1v) is 7.52. The molecule has 1 aliphatic heterocycles. The monoisotopic (exact) mass is 303 g/mol. The number of aryl methyl sites for hydroxylation is 3. The molecule has 2 aromatic rings. The van der Waals surface area contributed by atoms with Gasteiger partial charge >= 0.3 is 0 Å². The maximum atomic E-state index is 12.6. The highest BCUT2D eigenvalue weighted by molar-refractivity contribution is 5.76. The third-order valence-corrected chi connectivity index (χ3v) is 3.98. The maximum Gasteiger partial charge on any atom is 0.225 e. The molecule has 0 bridgehead atoms. The van der Waals surface area contributed by atoms with Gasteiger partial charge in [0.25, 0.3) is 0 Å². The topological polar surface area (TPSA) is 76.0 Å². The SMILES string of the molecule is Cc1ccn(CCC(=O)N2CCOCC2c2[nH]ncc2C)n1. The van der Waals surface area contributed by atoms with Crippen molar-refractivity contribution in [3.8, 4) is 0 Å². The van der Waals surface area contributed by atoms with Gasteiger partial charge in [-0.25, -0.2) is 0 Å². The van der Waals surface area contributed by atoms with Crippen LogP contribution in [0.4, 0.5) is 0 Å². The fourth-order valence-corrected chi connectivity index (χ4v) is 2.78. The van der Waals surface area contributed by atoms with Crippen molar-refractivity contribution in [2.45, 2.75) is 32.9 Å². The molecule has 7 nitrogen and oxygen atoms in total. The molecule has 1 fully saturated rings. The van der Waals surface area contributed by atoms with Crippen molar-refractivity contribution in [1.82, 2.24) is 24.9 Å². The summed E-state index contributed by atoms with van der Waals surface area (Å²) < 4.78 is 7.36. The van der Waals surface area contributed by atoms with Gasteiger partial charge in [0.2, 0.25) is 5.91 Å². The predicted molar refractivity (Wildman–Crippen MR) is 80.2 cm³/mol. The summed E-state index contributed by atoms with van der Waals surface area (Å²) in [5, 5.41) is 11.4. The number of morpholine rings is 1. The van der Waals surface area contributed by atoms with Crippen LogP contribution in [0.5, 0.6) is 0 Å². The van der Waals surface area contributed by atoms with E-state index < -0.39 is 0 Å². The highest BCUT2D eigenvalue weighted by Crippen LogP contribution is 2.25. The quantitative estimate of drug-likeness (QED) is 0.921. The van der Waals surface area contributed by atoms with Gasteiger partial charge in [0.1, 0.15) is 0 Å². The molecule has 3 heterocycles. The zero-order valence-corrected chi connectivity index (χ0v) is 13.0. The van der Waals surface area contributed by atoms with Crippen molar-refractivity contribution in [3.05, 3.63) is 35.4 Å². The van der Waals surface area contributed by atoms with Gasteiger partial charge in [0.15, 0.2) is 0 Å². The van der Waals surface area contributed by atoms with Crippen LogP contribution in [-0.2, 0) is 16.1 Å². The molecule has 1 atom stereocenters. The van der Waals surface area contributed by atoms with Crippen molar-refractivity contribution in [2.24, 2.45) is 0 Å². The van der Waals surface area contributed by atoms with E-state index in [0.29, 0.717) is 32.7 Å². The van der Waals surface area contributed by atoms with E-state index in [4.69, 9.17) is 4.74 Å². The van der Waals surface area contributed by atoms with Gasteiger partial charge in [0.05, 0.1) is 36.8 Å². The molecule has 0 spiro atoms. The second-order valence-electron chi connectivity index (χ2n) is 5.61. The number of hydrogen-bond donors (Lipinski definition) is 1. The van der Waals surface area contributed by atoms with E-state index in [1.165, 1.54) is 0 Å². The van der Waals surface area contributed by atoms with Gasteiger partial charge in [0, 0.05) is 25.7 Å². The molecule has 1 aliphatic rings. The third kappa shape index (κ3) is 3.04. The van der Waals surface area contributed by atoms with Crippen LogP contribution in [0.3, 0.4) is 0 Å². The highest BCUT2D eigenvalue weighted by atomic mass is 16.5. The molecule has 22 heavy (non-hydrogen) atoms. The molecule has 118 valence electrons. The summed E-state index contributed by atoms with van der Waals surface area (Å²) in [6, 6.07) is 1.86. The Morgan fingerprint density at radius 1 is 1.50 bits per heavy atom. The van der Waals surface area contributed by atoms with E-state index in [9.17, 15) is 4.79 Å². The van der Waals surface area contributed by atoms with Gasteiger partial charge in [-0.2, -0.15) is 10.2 Å². The van der Waals surface area contributed by atoms with Crippen LogP contribution in [-0.4, -0.2) is 50.5 Å². The Morgan fingerprint density at radius 2 is 2.36 bits per heavy atom. The number of rotatable bonds is 4. The average Bonchev–Trinajstić information content (AvgIpc) is 3.13. The van der Waals surface area contributed by atoms with Crippen molar-refractivity contribution < 1.29 is 9.53 Å². The summed E-state index contributed by atoms with van der Waals surface area (Å²) in [5.41, 5.74) is 2.98. The van der Waals surface area contributed by atoms with Crippen molar-refractivity contribution >= 4 is 5.91 Å². The minimum Gasteiger partial charge on any atom is -0.377 e. The summed E-state index contributed by atoms with van der Waals surface area (Å²) in [5.74, 6) is 0.121. The Balaban J connectivity index is 1.67. The average molecular weight is 303 g/mol. The number of carbonyl (C=O) groups excluding carboxylic acids is 1. The van der Waals surface area contributed by atoms with Gasteiger partial charge in [-0.1, -0.05) is 0 Å². The van der Waals surface area contributed by atoms with Gasteiger partial charge in [-0.05, 0) is 25.5 Å². The number of amides is 1. The van der Waals surface area contributed by atoms with E-state index in [2.05, 4.69) is 15.3 Å². The first kappa shape index (κ1) is 14.8. The number of ether oxygens (including phenoxy) is 1. The number of aromatic amines is 1. The number of hydrogen-bond acceptors (Lipinski definition) is 4. The summed E-state index contributed by atoms with van der Waals surface area (Å²) in [6.07, 6.45) is 4.11. The van der Waals surface area contributed by atoms with Crippen LogP contribution >= 0.6 is 0 Å². The summed E-state index contributed by atoms with van der Waals surface area (Å²) in [7, 11) is 0. The molecular weight excluding hydrogens is 282 g/mol. The molecule has 2 aromatic heterocycles. The Bertz CT molecular complexity index is 648. The molecule has 0 radical (unpaired) electrons. The zero-order chi connectivity index (χ0) is 15.5. The van der Waals surface area contributed by atoms with Crippen LogP contribution < -0.4 is 0 Å². The summed E-state index contributed by atoms with van der Waals surface area (Å²) in [4.78, 5) is 14.5. The number of carbonyl (C=O) groups is 1. The first-order chi connectivity index (χ1) is 10.6. The standard InChI is InChI=1S/C15H21N5O2/c1-11-9-16-17-15(11)13-10-22-8-7-20(13)14(21)4-6-19-5-3-12(2)18-19/h3,5,9,13H,4,6-8,10H2,1-2H3,(H,16,17). The number of aromatic nitrogens is 4. The largest absolute Gasteiger partial charge is 0.377 e. The molecule has 1 N–H and O–H groups in total. The van der Waals surface area contributed by atoms with Crippen LogP contribution in [0.2, 0.25) is 0 Å². The normalized spacial score (nSPS) is 18.6. The fourth-order valence-electron chi connectivity index (χ4n) is 2.78. The van der Waals surface area contributed by atoms with E-state index >= 15 is 0 Å². The molecule has 7 heteroatoms.